The normalized spacial score (nSPS) is 17.8. The van der Waals surface area contributed by atoms with Crippen molar-refractivity contribution in [1.82, 2.24) is 4.98 Å². The summed E-state index contributed by atoms with van der Waals surface area (Å²) in [6, 6.07) is 0.736. The standard InChI is InChI=1S/C12H13N/c1-10-7-8-13-12(9-10)11-5-3-2-4-6-11/h2-3,5,7-9H,4,6H2,1H3/i7D,9D. The first-order valence-electron chi connectivity index (χ1n) is 5.49. The largest absolute Gasteiger partial charge is 0.257 e. The van der Waals surface area contributed by atoms with Crippen molar-refractivity contribution in [1.29, 1.82) is 0 Å². The van der Waals surface area contributed by atoms with Gasteiger partial charge < -0.3 is 0 Å². The van der Waals surface area contributed by atoms with E-state index in [0.29, 0.717) is 17.6 Å². The van der Waals surface area contributed by atoms with Gasteiger partial charge in [0.05, 0.1) is 8.44 Å². The van der Waals surface area contributed by atoms with Crippen molar-refractivity contribution in [2.45, 2.75) is 19.8 Å². The lowest BCUT2D eigenvalue weighted by Gasteiger charge is -2.08. The van der Waals surface area contributed by atoms with Crippen LogP contribution in [0.15, 0.2) is 36.5 Å². The molecule has 13 heavy (non-hydrogen) atoms. The molecule has 1 aromatic heterocycles. The Bertz CT molecular complexity index is 447. The van der Waals surface area contributed by atoms with Gasteiger partial charge in [0.1, 0.15) is 0 Å². The van der Waals surface area contributed by atoms with E-state index in [0.717, 1.165) is 24.1 Å². The van der Waals surface area contributed by atoms with Crippen LogP contribution in [0.1, 0.15) is 26.8 Å². The van der Waals surface area contributed by atoms with Gasteiger partial charge in [-0.25, -0.2) is 0 Å². The summed E-state index contributed by atoms with van der Waals surface area (Å²) < 4.78 is 15.5. The monoisotopic (exact) mass is 173 g/mol. The van der Waals surface area contributed by atoms with Crippen molar-refractivity contribution in [3.63, 3.8) is 0 Å². The number of rotatable bonds is 1. The van der Waals surface area contributed by atoms with Crippen LogP contribution in [-0.2, 0) is 0 Å². The summed E-state index contributed by atoms with van der Waals surface area (Å²) in [6.07, 6.45) is 9.60. The Hall–Kier alpha value is -1.37. The van der Waals surface area contributed by atoms with Gasteiger partial charge in [-0.1, -0.05) is 18.2 Å². The maximum atomic E-state index is 7.93. The Morgan fingerprint density at radius 3 is 3.23 bits per heavy atom. The molecular formula is C12H13N. The van der Waals surface area contributed by atoms with Gasteiger partial charge in [0.15, 0.2) is 0 Å². The Balaban J connectivity index is 2.49. The van der Waals surface area contributed by atoms with E-state index in [1.54, 1.807) is 6.92 Å². The summed E-state index contributed by atoms with van der Waals surface area (Å²) in [5.41, 5.74) is 2.54. The minimum absolute atomic E-state index is 0.343. The lowest BCUT2D eigenvalue weighted by atomic mass is 10.0. The topological polar surface area (TPSA) is 12.9 Å². The second kappa shape index (κ2) is 3.56. The summed E-state index contributed by atoms with van der Waals surface area (Å²) in [5.74, 6) is 0. The lowest BCUT2D eigenvalue weighted by Crippen LogP contribution is -1.91. The zero-order valence-electron chi connectivity index (χ0n) is 9.67. The average molecular weight is 173 g/mol. The highest BCUT2D eigenvalue weighted by atomic mass is 14.7. The van der Waals surface area contributed by atoms with E-state index >= 15 is 0 Å². The first kappa shape index (κ1) is 6.14. The Morgan fingerprint density at radius 2 is 2.46 bits per heavy atom. The predicted octanol–water partition coefficient (Wildman–Crippen LogP) is 3.12. The molecule has 0 amide bonds. The molecular weight excluding hydrogens is 158 g/mol. The van der Waals surface area contributed by atoms with Crippen LogP contribution >= 0.6 is 0 Å². The first-order chi connectivity index (χ1) is 7.20. The highest BCUT2D eigenvalue weighted by Gasteiger charge is 2.03. The second-order valence-corrected chi connectivity index (χ2v) is 3.16. The number of allylic oxidation sites excluding steroid dienone is 4. The first-order valence-corrected chi connectivity index (χ1v) is 4.49. The van der Waals surface area contributed by atoms with Crippen molar-refractivity contribution in [2.24, 2.45) is 0 Å². The molecule has 1 heterocycles. The molecule has 1 aliphatic carbocycles. The van der Waals surface area contributed by atoms with Crippen LogP contribution in [0.4, 0.5) is 0 Å². The van der Waals surface area contributed by atoms with Gasteiger partial charge in [-0.15, -0.1) is 0 Å². The Kier molecular flexibility index (Phi) is 1.68. The molecule has 2 rings (SSSR count). The quantitative estimate of drug-likeness (QED) is 0.635. The summed E-state index contributed by atoms with van der Waals surface area (Å²) in [6.45, 7) is 1.80. The molecule has 0 radical (unpaired) electrons. The minimum atomic E-state index is 0.343. The third-order valence-corrected chi connectivity index (χ3v) is 2.10. The molecule has 0 atom stereocenters. The molecule has 1 nitrogen and oxygen atoms in total. The van der Waals surface area contributed by atoms with E-state index in [9.17, 15) is 0 Å². The van der Waals surface area contributed by atoms with Crippen molar-refractivity contribution in [3.05, 3.63) is 47.8 Å². The zero-order valence-corrected chi connectivity index (χ0v) is 7.67. The molecule has 0 aromatic carbocycles. The van der Waals surface area contributed by atoms with Gasteiger partial charge >= 0.3 is 0 Å². The molecule has 0 aliphatic heterocycles. The summed E-state index contributed by atoms with van der Waals surface area (Å²) in [4.78, 5) is 4.19. The summed E-state index contributed by atoms with van der Waals surface area (Å²) in [5, 5.41) is 0. The van der Waals surface area contributed by atoms with Gasteiger partial charge in [-0.05, 0) is 43.0 Å². The van der Waals surface area contributed by atoms with Gasteiger partial charge in [-0.2, -0.15) is 0 Å². The summed E-state index contributed by atoms with van der Waals surface area (Å²) in [7, 11) is 0. The molecule has 0 saturated heterocycles. The maximum absolute atomic E-state index is 7.93. The lowest BCUT2D eigenvalue weighted by molar-refractivity contribution is 1.04. The van der Waals surface area contributed by atoms with Crippen LogP contribution in [-0.4, -0.2) is 4.98 Å². The highest BCUT2D eigenvalue weighted by Crippen LogP contribution is 2.21. The van der Waals surface area contributed by atoms with Crippen LogP contribution in [0.2, 0.25) is 0 Å². The van der Waals surface area contributed by atoms with E-state index in [4.69, 9.17) is 2.74 Å². The number of nitrogens with zero attached hydrogens (tertiary/aromatic N) is 1. The molecule has 1 heteroatoms. The van der Waals surface area contributed by atoms with Gasteiger partial charge in [0.2, 0.25) is 0 Å². The van der Waals surface area contributed by atoms with Crippen LogP contribution in [0.25, 0.3) is 5.57 Å². The zero-order chi connectivity index (χ0) is 10.8. The molecule has 0 unspecified atom stereocenters. The van der Waals surface area contributed by atoms with Gasteiger partial charge in [-0.3, -0.25) is 4.98 Å². The van der Waals surface area contributed by atoms with Crippen LogP contribution < -0.4 is 0 Å². The highest BCUT2D eigenvalue weighted by molar-refractivity contribution is 5.65. The Labute approximate surface area is 81.6 Å². The smallest absolute Gasteiger partial charge is 0.0664 e. The van der Waals surface area contributed by atoms with Crippen LogP contribution in [0.3, 0.4) is 0 Å². The van der Waals surface area contributed by atoms with Crippen molar-refractivity contribution >= 4 is 5.57 Å². The second-order valence-electron chi connectivity index (χ2n) is 3.16. The SMILES string of the molecule is [2H]c1cnc(C2=CC=CCC2)c([2H])c1C. The molecule has 0 spiro atoms. The van der Waals surface area contributed by atoms with Gasteiger partial charge in [0.25, 0.3) is 0 Å². The van der Waals surface area contributed by atoms with E-state index < -0.39 is 0 Å². The van der Waals surface area contributed by atoms with Crippen LogP contribution in [0, 0.1) is 6.92 Å². The van der Waals surface area contributed by atoms with E-state index in [-0.39, 0.29) is 0 Å². The third-order valence-electron chi connectivity index (χ3n) is 2.10. The fraction of sp³-hybridized carbons (Fsp3) is 0.250. The molecule has 66 valence electrons. The van der Waals surface area contributed by atoms with Crippen molar-refractivity contribution in [3.8, 4) is 0 Å². The van der Waals surface area contributed by atoms with Crippen molar-refractivity contribution < 1.29 is 2.74 Å². The molecule has 0 saturated carbocycles. The molecule has 0 N–H and O–H groups in total. The van der Waals surface area contributed by atoms with Gasteiger partial charge in [0, 0.05) is 6.20 Å². The molecule has 0 fully saturated rings. The molecule has 1 aliphatic rings. The number of hydrogen-bond donors (Lipinski definition) is 0. The van der Waals surface area contributed by atoms with E-state index in [1.165, 1.54) is 6.20 Å². The van der Waals surface area contributed by atoms with E-state index in [1.807, 2.05) is 12.2 Å². The fourth-order valence-corrected chi connectivity index (χ4v) is 1.40. The Morgan fingerprint density at radius 1 is 1.54 bits per heavy atom. The summed E-state index contributed by atoms with van der Waals surface area (Å²) >= 11 is 0. The van der Waals surface area contributed by atoms with E-state index in [2.05, 4.69) is 11.1 Å². The fourth-order valence-electron chi connectivity index (χ4n) is 1.40. The molecule has 0 bridgehead atoms. The predicted molar refractivity (Wildman–Crippen MR) is 55.3 cm³/mol. The maximum Gasteiger partial charge on any atom is 0.0664 e. The van der Waals surface area contributed by atoms with Crippen LogP contribution in [0.5, 0.6) is 0 Å². The van der Waals surface area contributed by atoms with Crippen molar-refractivity contribution in [2.75, 3.05) is 0 Å². The third kappa shape index (κ3) is 1.86. The number of aromatic nitrogens is 1. The number of pyridine rings is 1. The average Bonchev–Trinajstić information content (AvgIpc) is 2.27. The number of hydrogen-bond acceptors (Lipinski definition) is 1. The minimum Gasteiger partial charge on any atom is -0.257 e. The molecule has 1 aromatic rings.